The van der Waals surface area contributed by atoms with Gasteiger partial charge < -0.3 is 14.8 Å². The van der Waals surface area contributed by atoms with E-state index in [1.807, 2.05) is 0 Å². The van der Waals surface area contributed by atoms with Crippen LogP contribution in [0.1, 0.15) is 6.42 Å². The maximum absolute atomic E-state index is 10.5. The first-order valence-electron chi connectivity index (χ1n) is 3.79. The number of hydrogen-bond donors (Lipinski definition) is 1. The Morgan fingerprint density at radius 3 is 2.75 bits per heavy atom. The number of carbonyl (C=O) groups excluding carboxylic acids is 1. The first kappa shape index (κ1) is 11.7. The summed E-state index contributed by atoms with van der Waals surface area (Å²) in [5.74, 6) is 0. The second-order valence-electron chi connectivity index (χ2n) is 2.04. The molecule has 0 aliphatic rings. The fraction of sp³-hybridized carbons (Fsp3) is 0.857. The second-order valence-corrected chi connectivity index (χ2v) is 2.83. The summed E-state index contributed by atoms with van der Waals surface area (Å²) in [6, 6.07) is 0. The van der Waals surface area contributed by atoms with E-state index in [9.17, 15) is 4.79 Å². The molecule has 0 unspecified atom stereocenters. The molecule has 0 bridgehead atoms. The van der Waals surface area contributed by atoms with Crippen molar-refractivity contribution >= 4 is 22.0 Å². The van der Waals surface area contributed by atoms with Gasteiger partial charge in [0.1, 0.15) is 0 Å². The summed E-state index contributed by atoms with van der Waals surface area (Å²) in [5.41, 5.74) is 0. The number of rotatable bonds is 6. The largest absolute Gasteiger partial charge is 0.449 e. The van der Waals surface area contributed by atoms with E-state index in [2.05, 4.69) is 21.2 Å². The summed E-state index contributed by atoms with van der Waals surface area (Å²) >= 11 is 3.23. The maximum Gasteiger partial charge on any atom is 0.406 e. The molecule has 0 radical (unpaired) electrons. The standard InChI is InChI=1S/C7H14BrNO3/c1-9-7(10)12-5-2-4-11-6-3-8/h2-6H2,1H3,(H,9,10). The molecule has 0 aliphatic carbocycles. The average Bonchev–Trinajstić information content (AvgIpc) is 2.10. The Kier molecular flexibility index (Phi) is 8.59. The molecule has 0 heterocycles. The van der Waals surface area contributed by atoms with Gasteiger partial charge in [-0.3, -0.25) is 0 Å². The van der Waals surface area contributed by atoms with Crippen LogP contribution in [0, 0.1) is 0 Å². The summed E-state index contributed by atoms with van der Waals surface area (Å²) in [6.07, 6.45) is 0.343. The minimum absolute atomic E-state index is 0.393. The molecule has 0 spiro atoms. The third kappa shape index (κ3) is 7.81. The molecule has 0 aliphatic heterocycles. The Morgan fingerprint density at radius 1 is 1.42 bits per heavy atom. The van der Waals surface area contributed by atoms with Crippen LogP contribution in [0.4, 0.5) is 4.79 Å². The van der Waals surface area contributed by atoms with E-state index in [4.69, 9.17) is 9.47 Å². The zero-order chi connectivity index (χ0) is 9.23. The average molecular weight is 240 g/mol. The van der Waals surface area contributed by atoms with Crippen molar-refractivity contribution in [1.82, 2.24) is 5.32 Å². The van der Waals surface area contributed by atoms with Crippen LogP contribution in [0.3, 0.4) is 0 Å². The minimum Gasteiger partial charge on any atom is -0.449 e. The number of halogens is 1. The predicted molar refractivity (Wildman–Crippen MR) is 49.6 cm³/mol. The number of nitrogens with one attached hydrogen (secondary N) is 1. The van der Waals surface area contributed by atoms with Gasteiger partial charge in [-0.15, -0.1) is 0 Å². The van der Waals surface area contributed by atoms with Crippen LogP contribution in [0.15, 0.2) is 0 Å². The summed E-state index contributed by atoms with van der Waals surface area (Å²) in [7, 11) is 1.53. The highest BCUT2D eigenvalue weighted by Gasteiger charge is 1.95. The van der Waals surface area contributed by atoms with E-state index in [-0.39, 0.29) is 0 Å². The smallest absolute Gasteiger partial charge is 0.406 e. The lowest BCUT2D eigenvalue weighted by Gasteiger charge is -2.03. The molecule has 0 fully saturated rings. The predicted octanol–water partition coefficient (Wildman–Crippen LogP) is 1.14. The number of alkyl carbamates (subject to hydrolysis) is 1. The molecule has 4 nitrogen and oxygen atoms in total. The van der Waals surface area contributed by atoms with Crippen molar-refractivity contribution in [3.8, 4) is 0 Å². The molecule has 0 aromatic carbocycles. The van der Waals surface area contributed by atoms with Crippen molar-refractivity contribution in [2.24, 2.45) is 0 Å². The van der Waals surface area contributed by atoms with Crippen molar-refractivity contribution in [1.29, 1.82) is 0 Å². The summed E-state index contributed by atoms with van der Waals surface area (Å²) in [5, 5.41) is 3.19. The van der Waals surface area contributed by atoms with E-state index in [1.165, 1.54) is 7.05 Å². The quantitative estimate of drug-likeness (QED) is 0.559. The molecule has 5 heteroatoms. The van der Waals surface area contributed by atoms with Crippen molar-refractivity contribution in [3.63, 3.8) is 0 Å². The van der Waals surface area contributed by atoms with Crippen molar-refractivity contribution < 1.29 is 14.3 Å². The Bertz CT molecular complexity index is 121. The molecule has 0 aromatic heterocycles. The normalized spacial score (nSPS) is 9.50. The number of alkyl halides is 1. The Morgan fingerprint density at radius 2 is 2.17 bits per heavy atom. The summed E-state index contributed by atoms with van der Waals surface area (Å²) < 4.78 is 9.87. The summed E-state index contributed by atoms with van der Waals surface area (Å²) in [6.45, 7) is 1.73. The molecule has 1 N–H and O–H groups in total. The SMILES string of the molecule is CNC(=O)OCCCOCCBr. The Hall–Kier alpha value is -0.290. The molecular weight excluding hydrogens is 226 g/mol. The van der Waals surface area contributed by atoms with Crippen LogP contribution >= 0.6 is 15.9 Å². The topological polar surface area (TPSA) is 47.6 Å². The van der Waals surface area contributed by atoms with Crippen molar-refractivity contribution in [2.75, 3.05) is 32.2 Å². The van der Waals surface area contributed by atoms with Gasteiger partial charge in [0.25, 0.3) is 0 Å². The van der Waals surface area contributed by atoms with E-state index in [0.717, 1.165) is 11.8 Å². The number of carbonyl (C=O) groups is 1. The molecule has 72 valence electrons. The minimum atomic E-state index is -0.393. The molecule has 1 amide bonds. The fourth-order valence-electron chi connectivity index (χ4n) is 0.555. The third-order valence-corrected chi connectivity index (χ3v) is 1.42. The van der Waals surface area contributed by atoms with Crippen molar-refractivity contribution in [2.45, 2.75) is 6.42 Å². The van der Waals surface area contributed by atoms with Gasteiger partial charge in [-0.25, -0.2) is 4.79 Å². The van der Waals surface area contributed by atoms with Crippen LogP contribution in [-0.4, -0.2) is 38.3 Å². The van der Waals surface area contributed by atoms with E-state index < -0.39 is 6.09 Å². The van der Waals surface area contributed by atoms with Gasteiger partial charge in [0.05, 0.1) is 13.2 Å². The fourth-order valence-corrected chi connectivity index (χ4v) is 0.784. The van der Waals surface area contributed by atoms with E-state index in [0.29, 0.717) is 19.8 Å². The summed E-state index contributed by atoms with van der Waals surface area (Å²) in [4.78, 5) is 10.5. The van der Waals surface area contributed by atoms with Crippen LogP contribution in [-0.2, 0) is 9.47 Å². The zero-order valence-corrected chi connectivity index (χ0v) is 8.72. The molecule has 0 saturated heterocycles. The van der Waals surface area contributed by atoms with Gasteiger partial charge in [0.15, 0.2) is 0 Å². The molecule has 0 saturated carbocycles. The number of hydrogen-bond acceptors (Lipinski definition) is 3. The lowest BCUT2D eigenvalue weighted by Crippen LogP contribution is -2.20. The van der Waals surface area contributed by atoms with Gasteiger partial charge >= 0.3 is 6.09 Å². The monoisotopic (exact) mass is 239 g/mol. The Balaban J connectivity index is 2.95. The van der Waals surface area contributed by atoms with Crippen LogP contribution in [0.2, 0.25) is 0 Å². The van der Waals surface area contributed by atoms with Gasteiger partial charge in [-0.1, -0.05) is 15.9 Å². The van der Waals surface area contributed by atoms with Crippen LogP contribution < -0.4 is 5.32 Å². The van der Waals surface area contributed by atoms with Gasteiger partial charge in [-0.05, 0) is 0 Å². The first-order chi connectivity index (χ1) is 5.81. The van der Waals surface area contributed by atoms with Crippen LogP contribution in [0.5, 0.6) is 0 Å². The molecule has 0 atom stereocenters. The highest BCUT2D eigenvalue weighted by atomic mass is 79.9. The molecule has 0 rings (SSSR count). The highest BCUT2D eigenvalue weighted by Crippen LogP contribution is 1.87. The van der Waals surface area contributed by atoms with Gasteiger partial charge in [0.2, 0.25) is 0 Å². The van der Waals surface area contributed by atoms with Crippen molar-refractivity contribution in [3.05, 3.63) is 0 Å². The van der Waals surface area contributed by atoms with Gasteiger partial charge in [0, 0.05) is 25.4 Å². The Labute approximate surface area is 80.7 Å². The molecule has 0 aromatic rings. The number of amides is 1. The highest BCUT2D eigenvalue weighted by molar-refractivity contribution is 9.09. The molecular formula is C7H14BrNO3. The lowest BCUT2D eigenvalue weighted by atomic mass is 10.5. The first-order valence-corrected chi connectivity index (χ1v) is 4.91. The zero-order valence-electron chi connectivity index (χ0n) is 7.14. The van der Waals surface area contributed by atoms with Gasteiger partial charge in [-0.2, -0.15) is 0 Å². The van der Waals surface area contributed by atoms with Crippen LogP contribution in [0.25, 0.3) is 0 Å². The lowest BCUT2D eigenvalue weighted by molar-refractivity contribution is 0.110. The second kappa shape index (κ2) is 8.80. The van der Waals surface area contributed by atoms with E-state index in [1.54, 1.807) is 0 Å². The third-order valence-electron chi connectivity index (χ3n) is 1.09. The van der Waals surface area contributed by atoms with E-state index >= 15 is 0 Å². The molecule has 12 heavy (non-hydrogen) atoms. The number of ether oxygens (including phenoxy) is 2. The maximum atomic E-state index is 10.5.